The van der Waals surface area contributed by atoms with E-state index in [1.807, 2.05) is 0 Å². The highest BCUT2D eigenvalue weighted by Crippen LogP contribution is 2.19. The number of hydrogen-bond donors (Lipinski definition) is 0. The summed E-state index contributed by atoms with van der Waals surface area (Å²) in [6, 6.07) is 5.26. The molecule has 0 saturated heterocycles. The van der Waals surface area contributed by atoms with Crippen molar-refractivity contribution in [1.82, 2.24) is 9.97 Å². The first-order valence-electron chi connectivity index (χ1n) is 4.97. The number of hydrogen-bond acceptors (Lipinski definition) is 4. The number of benzene rings is 1. The monoisotopic (exact) mass is 266 g/mol. The van der Waals surface area contributed by atoms with Gasteiger partial charge in [0.15, 0.2) is 0 Å². The van der Waals surface area contributed by atoms with Gasteiger partial charge in [0.1, 0.15) is 28.7 Å². The molecule has 2 aromatic rings. The van der Waals surface area contributed by atoms with Crippen LogP contribution in [-0.4, -0.2) is 22.9 Å². The molecule has 0 amide bonds. The van der Waals surface area contributed by atoms with Crippen molar-refractivity contribution < 1.29 is 13.9 Å². The average Bonchev–Trinajstić information content (AvgIpc) is 2.37. The highest BCUT2D eigenvalue weighted by atomic mass is 35.5. The highest BCUT2D eigenvalue weighted by Gasteiger charge is 2.16. The number of aromatic nitrogens is 2. The minimum atomic E-state index is -0.672. The quantitative estimate of drug-likeness (QED) is 0.633. The number of carbonyl (C=O) groups is 1. The van der Waals surface area contributed by atoms with E-state index >= 15 is 0 Å². The topological polar surface area (TPSA) is 52.1 Å². The Morgan fingerprint density at radius 2 is 2.11 bits per heavy atom. The van der Waals surface area contributed by atoms with Gasteiger partial charge in [0.25, 0.3) is 0 Å². The molecule has 1 aromatic carbocycles. The summed E-state index contributed by atoms with van der Waals surface area (Å²) in [6.45, 7) is 0. The summed E-state index contributed by atoms with van der Waals surface area (Å²) >= 11 is 5.65. The van der Waals surface area contributed by atoms with Gasteiger partial charge < -0.3 is 4.74 Å². The van der Waals surface area contributed by atoms with Crippen LogP contribution in [0.4, 0.5) is 4.39 Å². The molecular formula is C12H8ClFN2O2. The van der Waals surface area contributed by atoms with Crippen molar-refractivity contribution >= 4 is 17.4 Å². The van der Waals surface area contributed by atoms with Crippen LogP contribution >= 0.6 is 11.6 Å². The van der Waals surface area contributed by atoms with E-state index in [1.54, 1.807) is 0 Å². The molecule has 0 bridgehead atoms. The number of ether oxygens (including phenoxy) is 1. The first kappa shape index (κ1) is 12.4. The summed E-state index contributed by atoms with van der Waals surface area (Å²) in [6.07, 6.45) is 1.15. The Morgan fingerprint density at radius 3 is 2.72 bits per heavy atom. The second kappa shape index (κ2) is 5.10. The van der Waals surface area contributed by atoms with Gasteiger partial charge in [-0.25, -0.2) is 14.4 Å². The Balaban J connectivity index is 2.40. The molecule has 0 spiro atoms. The van der Waals surface area contributed by atoms with Crippen LogP contribution in [0.2, 0.25) is 5.15 Å². The van der Waals surface area contributed by atoms with Crippen LogP contribution in [0.1, 0.15) is 16.1 Å². The molecular weight excluding hydrogens is 259 g/mol. The summed E-state index contributed by atoms with van der Waals surface area (Å²) in [4.78, 5) is 19.4. The first-order valence-corrected chi connectivity index (χ1v) is 5.35. The smallest absolute Gasteiger partial charge is 0.214 e. The summed E-state index contributed by atoms with van der Waals surface area (Å²) in [5.41, 5.74) is -0.0513. The number of rotatable bonds is 3. The van der Waals surface area contributed by atoms with Crippen molar-refractivity contribution in [2.45, 2.75) is 0 Å². The summed E-state index contributed by atoms with van der Waals surface area (Å²) in [7, 11) is 1.42. The van der Waals surface area contributed by atoms with Crippen LogP contribution < -0.4 is 4.74 Å². The Bertz CT molecular complexity index is 604. The molecule has 0 fully saturated rings. The van der Waals surface area contributed by atoms with Crippen LogP contribution in [0.3, 0.4) is 0 Å². The van der Waals surface area contributed by atoms with E-state index < -0.39 is 11.6 Å². The van der Waals surface area contributed by atoms with E-state index in [4.69, 9.17) is 16.3 Å². The lowest BCUT2D eigenvalue weighted by Gasteiger charge is -2.04. The highest BCUT2D eigenvalue weighted by molar-refractivity contribution is 6.29. The second-order valence-corrected chi connectivity index (χ2v) is 3.79. The van der Waals surface area contributed by atoms with Crippen molar-refractivity contribution in [3.05, 3.63) is 52.8 Å². The van der Waals surface area contributed by atoms with Gasteiger partial charge in [-0.05, 0) is 12.1 Å². The van der Waals surface area contributed by atoms with Crippen LogP contribution in [0.5, 0.6) is 5.75 Å². The molecule has 0 N–H and O–H groups in total. The van der Waals surface area contributed by atoms with Gasteiger partial charge in [-0.15, -0.1) is 0 Å². The molecule has 0 saturated carbocycles. The minimum Gasteiger partial charge on any atom is -0.497 e. The number of nitrogens with zero attached hydrogens (tertiary/aromatic N) is 2. The van der Waals surface area contributed by atoms with Gasteiger partial charge in [0, 0.05) is 12.1 Å². The molecule has 1 heterocycles. The van der Waals surface area contributed by atoms with Gasteiger partial charge in [-0.2, -0.15) is 0 Å². The maximum Gasteiger partial charge on any atom is 0.214 e. The molecule has 4 nitrogen and oxygen atoms in total. The molecule has 0 aliphatic heterocycles. The van der Waals surface area contributed by atoms with E-state index in [0.29, 0.717) is 5.75 Å². The first-order chi connectivity index (χ1) is 8.61. The van der Waals surface area contributed by atoms with Crippen LogP contribution in [0.25, 0.3) is 0 Å². The zero-order valence-electron chi connectivity index (χ0n) is 9.35. The maximum absolute atomic E-state index is 13.7. The van der Waals surface area contributed by atoms with Gasteiger partial charge in [-0.1, -0.05) is 11.6 Å². The van der Waals surface area contributed by atoms with Gasteiger partial charge in [-0.3, -0.25) is 4.79 Å². The molecule has 2 rings (SSSR count). The number of halogens is 2. The predicted molar refractivity (Wildman–Crippen MR) is 63.4 cm³/mol. The standard InChI is InChI=1S/C12H8ClFN2O2/c1-18-7-2-3-8(9(14)4-7)12(17)10-5-11(13)16-6-15-10/h2-6H,1H3. The minimum absolute atomic E-state index is 0.0408. The lowest BCUT2D eigenvalue weighted by atomic mass is 10.1. The molecule has 0 unspecified atom stereocenters. The molecule has 0 aliphatic carbocycles. The SMILES string of the molecule is COc1ccc(C(=O)c2cc(Cl)ncn2)c(F)c1. The zero-order valence-corrected chi connectivity index (χ0v) is 10.1. The average molecular weight is 267 g/mol. The van der Waals surface area contributed by atoms with Gasteiger partial charge >= 0.3 is 0 Å². The number of carbonyl (C=O) groups excluding carboxylic acids is 1. The van der Waals surface area contributed by atoms with E-state index in [2.05, 4.69) is 9.97 Å². The number of methoxy groups -OCH3 is 1. The maximum atomic E-state index is 13.7. The van der Waals surface area contributed by atoms with E-state index in [1.165, 1.54) is 25.3 Å². The Labute approximate surface area is 107 Å². The fourth-order valence-corrected chi connectivity index (χ4v) is 1.55. The Morgan fingerprint density at radius 1 is 1.33 bits per heavy atom. The van der Waals surface area contributed by atoms with Crippen molar-refractivity contribution in [1.29, 1.82) is 0 Å². The number of ketones is 1. The largest absolute Gasteiger partial charge is 0.497 e. The lowest BCUT2D eigenvalue weighted by molar-refractivity contribution is 0.103. The summed E-state index contributed by atoms with van der Waals surface area (Å²) < 4.78 is 18.6. The van der Waals surface area contributed by atoms with Gasteiger partial charge in [0.2, 0.25) is 5.78 Å². The molecule has 0 radical (unpaired) electrons. The molecule has 18 heavy (non-hydrogen) atoms. The third kappa shape index (κ3) is 2.46. The van der Waals surface area contributed by atoms with E-state index in [9.17, 15) is 9.18 Å². The van der Waals surface area contributed by atoms with Crippen LogP contribution in [-0.2, 0) is 0 Å². The van der Waals surface area contributed by atoms with Crippen molar-refractivity contribution in [3.8, 4) is 5.75 Å². The Kier molecular flexibility index (Phi) is 3.53. The van der Waals surface area contributed by atoms with Crippen LogP contribution in [0, 0.1) is 5.82 Å². The fourth-order valence-electron chi connectivity index (χ4n) is 1.40. The third-order valence-electron chi connectivity index (χ3n) is 2.29. The van der Waals surface area contributed by atoms with E-state index in [-0.39, 0.29) is 16.4 Å². The molecule has 92 valence electrons. The third-order valence-corrected chi connectivity index (χ3v) is 2.49. The van der Waals surface area contributed by atoms with Crippen molar-refractivity contribution in [2.75, 3.05) is 7.11 Å². The van der Waals surface area contributed by atoms with Crippen LogP contribution in [0.15, 0.2) is 30.6 Å². The molecule has 1 aromatic heterocycles. The molecule has 0 atom stereocenters. The van der Waals surface area contributed by atoms with Gasteiger partial charge in [0.05, 0.1) is 12.7 Å². The fraction of sp³-hybridized carbons (Fsp3) is 0.0833. The molecule has 0 aliphatic rings. The van der Waals surface area contributed by atoms with E-state index in [0.717, 1.165) is 12.4 Å². The lowest BCUT2D eigenvalue weighted by Crippen LogP contribution is -2.07. The normalized spacial score (nSPS) is 10.2. The predicted octanol–water partition coefficient (Wildman–Crippen LogP) is 2.51. The zero-order chi connectivity index (χ0) is 13.1. The molecule has 6 heteroatoms. The van der Waals surface area contributed by atoms with Crippen molar-refractivity contribution in [2.24, 2.45) is 0 Å². The Hall–Kier alpha value is -2.01. The summed E-state index contributed by atoms with van der Waals surface area (Å²) in [5, 5.41) is 0.127. The second-order valence-electron chi connectivity index (χ2n) is 3.40. The summed E-state index contributed by atoms with van der Waals surface area (Å²) in [5.74, 6) is -0.890. The van der Waals surface area contributed by atoms with Crippen molar-refractivity contribution in [3.63, 3.8) is 0 Å².